The second kappa shape index (κ2) is 7.20. The van der Waals surface area contributed by atoms with Gasteiger partial charge < -0.3 is 5.73 Å². The molecule has 7 heteroatoms. The van der Waals surface area contributed by atoms with Crippen LogP contribution in [0, 0.1) is 16.7 Å². The Morgan fingerprint density at radius 2 is 1.87 bits per heavy atom. The van der Waals surface area contributed by atoms with Crippen LogP contribution in [-0.2, 0) is 0 Å². The maximum Gasteiger partial charge on any atom is 0.201 e. The average Bonchev–Trinajstić information content (AvgIpc) is 2.55. The minimum absolute atomic E-state index is 0.221. The number of hydrogen-bond acceptors (Lipinski definition) is 5. The summed E-state index contributed by atoms with van der Waals surface area (Å²) in [5.74, 6) is -0.678. The molecule has 2 aromatic carbocycles. The quantitative estimate of drug-likeness (QED) is 0.339. The molecule has 0 spiro atoms. The molecule has 0 heterocycles. The van der Waals surface area contributed by atoms with E-state index in [1.54, 1.807) is 54.6 Å². The van der Waals surface area contributed by atoms with Gasteiger partial charge in [0.2, 0.25) is 5.71 Å². The van der Waals surface area contributed by atoms with Gasteiger partial charge in [0.1, 0.15) is 6.07 Å². The van der Waals surface area contributed by atoms with Crippen LogP contribution in [0.4, 0.5) is 5.69 Å². The molecule has 0 atom stereocenters. The maximum atomic E-state index is 12.6. The second-order valence-corrected chi connectivity index (χ2v) is 4.92. The highest BCUT2D eigenvalue weighted by Crippen LogP contribution is 2.20. The van der Waals surface area contributed by atoms with Crippen molar-refractivity contribution >= 4 is 34.6 Å². The first kappa shape index (κ1) is 16.2. The Labute approximate surface area is 137 Å². The van der Waals surface area contributed by atoms with Crippen molar-refractivity contribution < 1.29 is 4.79 Å². The highest BCUT2D eigenvalue weighted by Gasteiger charge is 2.13. The van der Waals surface area contributed by atoms with Crippen molar-refractivity contribution in [3.8, 4) is 6.07 Å². The fourth-order valence-corrected chi connectivity index (χ4v) is 1.92. The lowest BCUT2D eigenvalue weighted by molar-refractivity contribution is 0.103. The number of nitrogens with zero attached hydrogens (tertiary/aromatic N) is 2. The van der Waals surface area contributed by atoms with Gasteiger partial charge in [-0.15, -0.1) is 0 Å². The maximum absolute atomic E-state index is 12.6. The number of nitrogens with two attached hydrogens (primary N) is 1. The lowest BCUT2D eigenvalue weighted by atomic mass is 10.0. The molecule has 6 nitrogen and oxygen atoms in total. The molecule has 0 saturated carbocycles. The molecular formula is C16H12ClN5O. The van der Waals surface area contributed by atoms with Crippen molar-refractivity contribution in [3.05, 3.63) is 64.7 Å². The summed E-state index contributed by atoms with van der Waals surface area (Å²) in [6.45, 7) is 0. The number of rotatable bonds is 5. The first-order valence-electron chi connectivity index (χ1n) is 6.50. The Bertz CT molecular complexity index is 821. The van der Waals surface area contributed by atoms with E-state index in [9.17, 15) is 4.79 Å². The molecule has 0 fully saturated rings. The lowest BCUT2D eigenvalue weighted by Crippen LogP contribution is -2.22. The van der Waals surface area contributed by atoms with Gasteiger partial charge in [-0.3, -0.25) is 15.6 Å². The van der Waals surface area contributed by atoms with E-state index < -0.39 is 5.84 Å². The highest BCUT2D eigenvalue weighted by molar-refractivity contribution is 6.45. The van der Waals surface area contributed by atoms with Crippen LogP contribution in [-0.4, -0.2) is 17.3 Å². The fraction of sp³-hybridized carbons (Fsp3) is 0. The predicted molar refractivity (Wildman–Crippen MR) is 89.9 cm³/mol. The molecule has 2 aromatic rings. The zero-order valence-corrected chi connectivity index (χ0v) is 12.6. The van der Waals surface area contributed by atoms with Crippen molar-refractivity contribution in [1.82, 2.24) is 0 Å². The topological polar surface area (TPSA) is 115 Å². The van der Waals surface area contributed by atoms with Crippen molar-refractivity contribution in [2.75, 3.05) is 5.43 Å². The summed E-state index contributed by atoms with van der Waals surface area (Å²) in [5.41, 5.74) is 8.82. The van der Waals surface area contributed by atoms with Crippen molar-refractivity contribution in [2.45, 2.75) is 0 Å². The van der Waals surface area contributed by atoms with Gasteiger partial charge in [0, 0.05) is 16.1 Å². The summed E-state index contributed by atoms with van der Waals surface area (Å²) < 4.78 is 0. The number of nitrogens with one attached hydrogen (secondary N) is 2. The Kier molecular flexibility index (Phi) is 5.07. The van der Waals surface area contributed by atoms with Crippen molar-refractivity contribution in [1.29, 1.82) is 10.7 Å². The van der Waals surface area contributed by atoms with Gasteiger partial charge in [-0.25, -0.2) is 0 Å². The molecule has 0 aromatic heterocycles. The number of hydrazone groups is 1. The molecule has 23 heavy (non-hydrogen) atoms. The molecule has 0 amide bonds. The van der Waals surface area contributed by atoms with Crippen LogP contribution in [0.25, 0.3) is 0 Å². The first-order valence-corrected chi connectivity index (χ1v) is 6.88. The van der Waals surface area contributed by atoms with E-state index in [2.05, 4.69) is 10.5 Å². The number of hydrogen-bond donors (Lipinski definition) is 3. The van der Waals surface area contributed by atoms with E-state index in [0.717, 1.165) is 0 Å². The fourth-order valence-electron chi connectivity index (χ4n) is 1.80. The molecule has 0 aliphatic heterocycles. The second-order valence-electron chi connectivity index (χ2n) is 4.48. The largest absolute Gasteiger partial charge is 0.382 e. The Morgan fingerprint density at radius 3 is 2.48 bits per heavy atom. The van der Waals surface area contributed by atoms with E-state index in [-0.39, 0.29) is 11.5 Å². The van der Waals surface area contributed by atoms with Gasteiger partial charge in [-0.1, -0.05) is 23.7 Å². The molecule has 0 aliphatic rings. The third-order valence-corrected chi connectivity index (χ3v) is 3.18. The molecule has 0 unspecified atom stereocenters. The smallest absolute Gasteiger partial charge is 0.201 e. The summed E-state index contributed by atoms with van der Waals surface area (Å²) >= 11 is 5.82. The number of amidine groups is 1. The van der Waals surface area contributed by atoms with Gasteiger partial charge in [0.25, 0.3) is 0 Å². The van der Waals surface area contributed by atoms with Crippen LogP contribution >= 0.6 is 11.6 Å². The van der Waals surface area contributed by atoms with Crippen LogP contribution in [0.2, 0.25) is 5.02 Å². The number of carbonyl (C=O) groups is 1. The molecule has 114 valence electrons. The van der Waals surface area contributed by atoms with Crippen LogP contribution in [0.5, 0.6) is 0 Å². The normalized spacial score (nSPS) is 10.7. The van der Waals surface area contributed by atoms with Crippen molar-refractivity contribution in [3.63, 3.8) is 0 Å². The van der Waals surface area contributed by atoms with Crippen molar-refractivity contribution in [2.24, 2.45) is 10.8 Å². The van der Waals surface area contributed by atoms with Gasteiger partial charge in [-0.05, 0) is 36.4 Å². The van der Waals surface area contributed by atoms with E-state index in [1.807, 2.05) is 0 Å². The number of carbonyl (C=O) groups excluding carboxylic acids is 1. The van der Waals surface area contributed by atoms with Crippen LogP contribution in [0.3, 0.4) is 0 Å². The lowest BCUT2D eigenvalue weighted by Gasteiger charge is -2.08. The minimum Gasteiger partial charge on any atom is -0.382 e. The van der Waals surface area contributed by atoms with E-state index in [1.165, 1.54) is 0 Å². The molecule has 0 bridgehead atoms. The van der Waals surface area contributed by atoms with Gasteiger partial charge in [0.05, 0.1) is 5.69 Å². The number of benzene rings is 2. The minimum atomic E-state index is -0.457. The van der Waals surface area contributed by atoms with Gasteiger partial charge >= 0.3 is 0 Å². The Balaban J connectivity index is 2.34. The summed E-state index contributed by atoms with van der Waals surface area (Å²) in [4.78, 5) is 12.6. The Hall–Kier alpha value is -3.17. The average molecular weight is 326 g/mol. The van der Waals surface area contributed by atoms with Crippen LogP contribution < -0.4 is 11.2 Å². The van der Waals surface area contributed by atoms with Gasteiger partial charge in [-0.2, -0.15) is 10.4 Å². The number of para-hydroxylation sites is 1. The molecule has 0 aliphatic carbocycles. The number of halogens is 1. The zero-order chi connectivity index (χ0) is 16.8. The number of ketones is 1. The Morgan fingerprint density at radius 1 is 1.22 bits per heavy atom. The third-order valence-electron chi connectivity index (χ3n) is 2.93. The SMILES string of the molecule is N#C/C(=N\Nc1ccccc1C(=O)c1ccc(Cl)cc1)C(=N)N. The summed E-state index contributed by atoms with van der Waals surface area (Å²) in [7, 11) is 0. The zero-order valence-electron chi connectivity index (χ0n) is 11.9. The molecule has 2 rings (SSSR count). The summed E-state index contributed by atoms with van der Waals surface area (Å²) in [5, 5.41) is 20.3. The third kappa shape index (κ3) is 3.93. The van der Waals surface area contributed by atoms with E-state index in [0.29, 0.717) is 21.8 Å². The summed E-state index contributed by atoms with van der Waals surface area (Å²) in [6.07, 6.45) is 0. The van der Waals surface area contributed by atoms with Crippen LogP contribution in [0.15, 0.2) is 53.6 Å². The first-order chi connectivity index (χ1) is 11.0. The predicted octanol–water partition coefficient (Wildman–Crippen LogP) is 2.80. The van der Waals surface area contributed by atoms with Gasteiger partial charge in [0.15, 0.2) is 11.6 Å². The molecule has 0 radical (unpaired) electrons. The molecular weight excluding hydrogens is 314 g/mol. The standard InChI is InChI=1S/C16H12ClN5O/c17-11-7-5-10(6-8-11)15(23)12-3-1-2-4-13(12)21-22-14(9-18)16(19)20/h1-8,21H,(H3,19,20)/b22-14+. The van der Waals surface area contributed by atoms with Crippen LogP contribution in [0.1, 0.15) is 15.9 Å². The van der Waals surface area contributed by atoms with E-state index in [4.69, 9.17) is 28.0 Å². The highest BCUT2D eigenvalue weighted by atomic mass is 35.5. The summed E-state index contributed by atoms with van der Waals surface area (Å²) in [6, 6.07) is 14.9. The van der Waals surface area contributed by atoms with E-state index >= 15 is 0 Å². The molecule has 4 N–H and O–H groups in total. The number of nitriles is 1. The number of anilines is 1. The molecule has 0 saturated heterocycles. The monoisotopic (exact) mass is 325 g/mol.